The molecule has 0 bridgehead atoms. The first-order valence-electron chi connectivity index (χ1n) is 5.33. The predicted octanol–water partition coefficient (Wildman–Crippen LogP) is 3.11. The fourth-order valence-electron chi connectivity index (χ4n) is 1.96. The Bertz CT molecular complexity index is 390. The SMILES string of the molecule is N#CCC(=O)c1cc2c(s1)CCCCC2. The fourth-order valence-corrected chi connectivity index (χ4v) is 3.15. The lowest BCUT2D eigenvalue weighted by Crippen LogP contribution is -1.92. The average Bonchev–Trinajstić information content (AvgIpc) is 2.51. The van der Waals surface area contributed by atoms with Gasteiger partial charge in [-0.3, -0.25) is 4.79 Å². The van der Waals surface area contributed by atoms with E-state index in [1.54, 1.807) is 11.3 Å². The summed E-state index contributed by atoms with van der Waals surface area (Å²) in [5.74, 6) is -0.0180. The van der Waals surface area contributed by atoms with Crippen molar-refractivity contribution >= 4 is 17.1 Å². The highest BCUT2D eigenvalue weighted by molar-refractivity contribution is 7.14. The first kappa shape index (κ1) is 10.4. The molecule has 15 heavy (non-hydrogen) atoms. The van der Waals surface area contributed by atoms with Crippen molar-refractivity contribution in [3.8, 4) is 6.07 Å². The summed E-state index contributed by atoms with van der Waals surface area (Å²) in [6.45, 7) is 0. The minimum Gasteiger partial charge on any atom is -0.292 e. The number of Topliss-reactive ketones (excluding diaryl/α,β-unsaturated/α-hetero) is 1. The van der Waals surface area contributed by atoms with Crippen LogP contribution in [0.25, 0.3) is 0 Å². The minimum absolute atomic E-state index is 0.0133. The third-order valence-electron chi connectivity index (χ3n) is 2.76. The zero-order valence-electron chi connectivity index (χ0n) is 8.58. The van der Waals surface area contributed by atoms with Crippen LogP contribution in [-0.2, 0) is 12.8 Å². The standard InChI is InChI=1S/C12H13NOS/c13-7-6-10(14)12-8-9-4-2-1-3-5-11(9)15-12/h8H,1-6H2. The highest BCUT2D eigenvalue weighted by atomic mass is 32.1. The van der Waals surface area contributed by atoms with Crippen molar-refractivity contribution in [3.05, 3.63) is 21.4 Å². The van der Waals surface area contributed by atoms with E-state index >= 15 is 0 Å². The molecular formula is C12H13NOS. The van der Waals surface area contributed by atoms with Crippen molar-refractivity contribution in [2.45, 2.75) is 38.5 Å². The van der Waals surface area contributed by atoms with E-state index in [0.717, 1.165) is 17.7 Å². The van der Waals surface area contributed by atoms with Gasteiger partial charge in [0.15, 0.2) is 5.78 Å². The molecule has 0 aliphatic heterocycles. The molecule has 0 unspecified atom stereocenters. The second-order valence-corrected chi connectivity index (χ2v) is 5.01. The molecule has 3 heteroatoms. The normalized spacial score (nSPS) is 15.1. The largest absolute Gasteiger partial charge is 0.292 e. The Kier molecular flexibility index (Phi) is 3.17. The molecule has 0 spiro atoms. The summed E-state index contributed by atoms with van der Waals surface area (Å²) < 4.78 is 0. The lowest BCUT2D eigenvalue weighted by atomic mass is 10.1. The molecule has 0 saturated carbocycles. The average molecular weight is 219 g/mol. The van der Waals surface area contributed by atoms with Crippen LogP contribution in [0, 0.1) is 11.3 Å². The summed E-state index contributed by atoms with van der Waals surface area (Å²) in [5.41, 5.74) is 1.35. The molecule has 1 aromatic heterocycles. The number of hydrogen-bond acceptors (Lipinski definition) is 3. The molecule has 78 valence electrons. The van der Waals surface area contributed by atoms with Crippen molar-refractivity contribution < 1.29 is 4.79 Å². The Morgan fingerprint density at radius 2 is 2.20 bits per heavy atom. The van der Waals surface area contributed by atoms with E-state index < -0.39 is 0 Å². The van der Waals surface area contributed by atoms with Crippen molar-refractivity contribution in [2.75, 3.05) is 0 Å². The number of rotatable bonds is 2. The van der Waals surface area contributed by atoms with Crippen molar-refractivity contribution in [3.63, 3.8) is 0 Å². The van der Waals surface area contributed by atoms with Crippen LogP contribution >= 0.6 is 11.3 Å². The fraction of sp³-hybridized carbons (Fsp3) is 0.500. The molecule has 0 fully saturated rings. The zero-order chi connectivity index (χ0) is 10.7. The number of nitrogens with zero attached hydrogens (tertiary/aromatic N) is 1. The van der Waals surface area contributed by atoms with Crippen LogP contribution in [0.2, 0.25) is 0 Å². The second-order valence-electron chi connectivity index (χ2n) is 3.88. The van der Waals surface area contributed by atoms with Gasteiger partial charge in [-0.1, -0.05) is 6.42 Å². The minimum atomic E-state index is -0.0180. The monoisotopic (exact) mass is 219 g/mol. The van der Waals surface area contributed by atoms with E-state index in [2.05, 4.69) is 0 Å². The van der Waals surface area contributed by atoms with Crippen LogP contribution in [0.5, 0.6) is 0 Å². The summed E-state index contributed by atoms with van der Waals surface area (Å²) in [6, 6.07) is 3.92. The van der Waals surface area contributed by atoms with Gasteiger partial charge < -0.3 is 0 Å². The van der Waals surface area contributed by atoms with Crippen molar-refractivity contribution in [1.29, 1.82) is 5.26 Å². The van der Waals surface area contributed by atoms with E-state index in [9.17, 15) is 4.79 Å². The molecular weight excluding hydrogens is 206 g/mol. The van der Waals surface area contributed by atoms with Gasteiger partial charge >= 0.3 is 0 Å². The Hall–Kier alpha value is -1.14. The van der Waals surface area contributed by atoms with Gasteiger partial charge in [-0.05, 0) is 37.3 Å². The molecule has 1 aliphatic rings. The van der Waals surface area contributed by atoms with Gasteiger partial charge in [0.1, 0.15) is 0 Å². The Balaban J connectivity index is 2.22. The topological polar surface area (TPSA) is 40.9 Å². The number of carbonyl (C=O) groups excluding carboxylic acids is 1. The highest BCUT2D eigenvalue weighted by Crippen LogP contribution is 2.29. The maximum absolute atomic E-state index is 11.5. The first-order chi connectivity index (χ1) is 7.31. The zero-order valence-corrected chi connectivity index (χ0v) is 9.40. The van der Waals surface area contributed by atoms with Gasteiger partial charge in [0.25, 0.3) is 0 Å². The summed E-state index contributed by atoms with van der Waals surface area (Å²) in [6.07, 6.45) is 5.99. The van der Waals surface area contributed by atoms with Gasteiger partial charge in [0.2, 0.25) is 0 Å². The third kappa shape index (κ3) is 2.27. The highest BCUT2D eigenvalue weighted by Gasteiger charge is 2.15. The molecule has 2 rings (SSSR count). The number of fused-ring (bicyclic) bond motifs is 1. The molecule has 0 N–H and O–H groups in total. The number of hydrogen-bond donors (Lipinski definition) is 0. The van der Waals surface area contributed by atoms with Gasteiger partial charge in [0, 0.05) is 4.88 Å². The summed E-state index contributed by atoms with van der Waals surface area (Å²) in [7, 11) is 0. The van der Waals surface area contributed by atoms with Gasteiger partial charge in [-0.25, -0.2) is 0 Å². The number of aryl methyl sites for hydroxylation is 2. The molecule has 0 amide bonds. The maximum Gasteiger partial charge on any atom is 0.186 e. The maximum atomic E-state index is 11.5. The number of nitriles is 1. The number of ketones is 1. The lowest BCUT2D eigenvalue weighted by Gasteiger charge is -1.92. The van der Waals surface area contributed by atoms with E-state index in [4.69, 9.17) is 5.26 Å². The Morgan fingerprint density at radius 1 is 1.40 bits per heavy atom. The van der Waals surface area contributed by atoms with Crippen LogP contribution in [-0.4, -0.2) is 5.78 Å². The molecule has 0 radical (unpaired) electrons. The van der Waals surface area contributed by atoms with Crippen LogP contribution in [0.3, 0.4) is 0 Å². The molecule has 1 aromatic rings. The van der Waals surface area contributed by atoms with Gasteiger partial charge in [0.05, 0.1) is 17.4 Å². The Labute approximate surface area is 93.5 Å². The van der Waals surface area contributed by atoms with Gasteiger partial charge in [-0.15, -0.1) is 11.3 Å². The van der Waals surface area contributed by atoms with E-state index in [1.807, 2.05) is 12.1 Å². The molecule has 1 heterocycles. The molecule has 0 saturated heterocycles. The summed E-state index contributed by atoms with van der Waals surface area (Å²) >= 11 is 1.60. The Morgan fingerprint density at radius 3 is 3.00 bits per heavy atom. The first-order valence-corrected chi connectivity index (χ1v) is 6.14. The summed E-state index contributed by atoms with van der Waals surface area (Å²) in [5, 5.41) is 8.48. The van der Waals surface area contributed by atoms with Crippen LogP contribution < -0.4 is 0 Å². The smallest absolute Gasteiger partial charge is 0.186 e. The second kappa shape index (κ2) is 4.59. The van der Waals surface area contributed by atoms with Crippen LogP contribution in [0.4, 0.5) is 0 Å². The van der Waals surface area contributed by atoms with Crippen LogP contribution in [0.15, 0.2) is 6.07 Å². The molecule has 1 aliphatic carbocycles. The third-order valence-corrected chi connectivity index (χ3v) is 4.04. The van der Waals surface area contributed by atoms with E-state index in [1.165, 1.54) is 29.7 Å². The van der Waals surface area contributed by atoms with E-state index in [-0.39, 0.29) is 12.2 Å². The van der Waals surface area contributed by atoms with Crippen LogP contribution in [0.1, 0.15) is 45.8 Å². The molecule has 0 aromatic carbocycles. The molecule has 2 nitrogen and oxygen atoms in total. The van der Waals surface area contributed by atoms with Crippen molar-refractivity contribution in [1.82, 2.24) is 0 Å². The quantitative estimate of drug-likeness (QED) is 0.566. The lowest BCUT2D eigenvalue weighted by molar-refractivity contribution is 0.100. The summed E-state index contributed by atoms with van der Waals surface area (Å²) in [4.78, 5) is 13.7. The van der Waals surface area contributed by atoms with Gasteiger partial charge in [-0.2, -0.15) is 5.26 Å². The number of carbonyl (C=O) groups is 1. The predicted molar refractivity (Wildman–Crippen MR) is 60.1 cm³/mol. The molecule has 0 atom stereocenters. The van der Waals surface area contributed by atoms with Crippen molar-refractivity contribution in [2.24, 2.45) is 0 Å². The number of thiophene rings is 1. The van der Waals surface area contributed by atoms with E-state index in [0.29, 0.717) is 0 Å².